The Hall–Kier alpha value is -0.940. The second kappa shape index (κ2) is 6.50. The first-order valence-corrected chi connectivity index (χ1v) is 4.62. The second-order valence-corrected chi connectivity index (χ2v) is 3.11. The topological polar surface area (TPSA) is 81.4 Å². The molecule has 0 aromatic rings. The molecule has 0 saturated heterocycles. The molecular formula is C9H18N2O3. The van der Waals surface area contributed by atoms with Gasteiger partial charge in [-0.3, -0.25) is 9.59 Å². The number of nitrogens with two attached hydrogens (primary N) is 1. The average molecular weight is 202 g/mol. The third-order valence-corrected chi connectivity index (χ3v) is 1.79. The van der Waals surface area contributed by atoms with Gasteiger partial charge in [-0.15, -0.1) is 0 Å². The molecule has 0 aromatic heterocycles. The van der Waals surface area contributed by atoms with Crippen LogP contribution in [0.3, 0.4) is 0 Å². The van der Waals surface area contributed by atoms with Gasteiger partial charge in [0, 0.05) is 13.1 Å². The fourth-order valence-electron chi connectivity index (χ4n) is 0.803. The lowest BCUT2D eigenvalue weighted by Crippen LogP contribution is -2.39. The van der Waals surface area contributed by atoms with Gasteiger partial charge in [0.2, 0.25) is 5.91 Å². The zero-order valence-electron chi connectivity index (χ0n) is 8.87. The Labute approximate surface area is 84.0 Å². The summed E-state index contributed by atoms with van der Waals surface area (Å²) in [5.74, 6) is -0.341. The van der Waals surface area contributed by atoms with Crippen LogP contribution in [0.4, 0.5) is 0 Å². The molecule has 82 valence electrons. The molecule has 0 aliphatic heterocycles. The lowest BCUT2D eigenvalue weighted by molar-refractivity contribution is -0.141. The normalized spacial score (nSPS) is 14.6. The van der Waals surface area contributed by atoms with Crippen LogP contribution in [0.15, 0.2) is 0 Å². The first-order valence-electron chi connectivity index (χ1n) is 4.62. The number of rotatable bonds is 6. The molecule has 1 amide bonds. The molecule has 0 aliphatic rings. The Morgan fingerprint density at radius 3 is 2.36 bits per heavy atom. The molecule has 2 atom stereocenters. The van der Waals surface area contributed by atoms with E-state index in [4.69, 9.17) is 10.5 Å². The quantitative estimate of drug-likeness (QED) is 0.605. The van der Waals surface area contributed by atoms with Crippen molar-refractivity contribution in [1.82, 2.24) is 5.32 Å². The number of amides is 1. The van der Waals surface area contributed by atoms with Gasteiger partial charge in [-0.1, -0.05) is 0 Å². The van der Waals surface area contributed by atoms with Gasteiger partial charge < -0.3 is 15.8 Å². The number of carbonyl (C=O) groups excluding carboxylic acids is 2. The van der Waals surface area contributed by atoms with E-state index in [2.05, 4.69) is 5.32 Å². The van der Waals surface area contributed by atoms with Crippen molar-refractivity contribution in [2.45, 2.75) is 33.0 Å². The highest BCUT2D eigenvalue weighted by molar-refractivity contribution is 5.82. The molecular weight excluding hydrogens is 184 g/mol. The van der Waals surface area contributed by atoms with Crippen molar-refractivity contribution in [1.29, 1.82) is 0 Å². The summed E-state index contributed by atoms with van der Waals surface area (Å²) < 4.78 is 5.17. The van der Waals surface area contributed by atoms with Crippen molar-refractivity contribution in [3.63, 3.8) is 0 Å². The van der Waals surface area contributed by atoms with E-state index >= 15 is 0 Å². The van der Waals surface area contributed by atoms with E-state index in [1.807, 2.05) is 0 Å². The molecule has 0 radical (unpaired) electrons. The van der Waals surface area contributed by atoms with Crippen molar-refractivity contribution in [2.24, 2.45) is 5.73 Å². The molecule has 0 aliphatic carbocycles. The summed E-state index contributed by atoms with van der Waals surface area (Å²) >= 11 is 0. The van der Waals surface area contributed by atoms with Crippen LogP contribution >= 0.6 is 0 Å². The molecule has 1 unspecified atom stereocenters. The Morgan fingerprint density at radius 1 is 1.36 bits per heavy atom. The summed E-state index contributed by atoms with van der Waals surface area (Å²) in [4.78, 5) is 22.1. The first kappa shape index (κ1) is 13.1. The summed E-state index contributed by atoms with van der Waals surface area (Å²) in [6.07, 6.45) is -1.17. The monoisotopic (exact) mass is 202 g/mol. The Balaban J connectivity index is 3.88. The predicted octanol–water partition coefficient (Wildman–Crippen LogP) is -0.556. The minimum Gasteiger partial charge on any atom is -0.358 e. The number of Topliss-reactive ketones (excluding diaryl/α,β-unsaturated/α-hetero) is 1. The summed E-state index contributed by atoms with van der Waals surface area (Å²) in [6.45, 7) is 5.46. The lowest BCUT2D eigenvalue weighted by atomic mass is 10.3. The average Bonchev–Trinajstić information content (AvgIpc) is 2.13. The Kier molecular flexibility index (Phi) is 6.07. The van der Waals surface area contributed by atoms with Crippen LogP contribution in [0.2, 0.25) is 0 Å². The highest BCUT2D eigenvalue weighted by atomic mass is 16.5. The van der Waals surface area contributed by atoms with Gasteiger partial charge in [-0.25, -0.2) is 0 Å². The van der Waals surface area contributed by atoms with Gasteiger partial charge in [0.1, 0.15) is 12.2 Å². The van der Waals surface area contributed by atoms with E-state index in [1.165, 1.54) is 6.92 Å². The van der Waals surface area contributed by atoms with Crippen molar-refractivity contribution >= 4 is 11.7 Å². The molecule has 0 aromatic carbocycles. The first-order chi connectivity index (χ1) is 6.49. The van der Waals surface area contributed by atoms with E-state index in [9.17, 15) is 9.59 Å². The minimum atomic E-state index is -0.625. The maximum Gasteiger partial charge on any atom is 0.248 e. The number of carbonyl (C=O) groups is 2. The lowest BCUT2D eigenvalue weighted by Gasteiger charge is -2.16. The SMILES string of the molecule is CC(=O)C(C)O[C@@H](C)C(=O)NCCN. The molecule has 0 bridgehead atoms. The van der Waals surface area contributed by atoms with Crippen LogP contribution in [0, 0.1) is 0 Å². The number of ether oxygens (including phenoxy) is 1. The van der Waals surface area contributed by atoms with E-state index in [0.717, 1.165) is 0 Å². The molecule has 0 rings (SSSR count). The third kappa shape index (κ3) is 4.94. The Morgan fingerprint density at radius 2 is 1.93 bits per heavy atom. The second-order valence-electron chi connectivity index (χ2n) is 3.11. The van der Waals surface area contributed by atoms with Gasteiger partial charge in [0.25, 0.3) is 0 Å². The third-order valence-electron chi connectivity index (χ3n) is 1.79. The summed E-state index contributed by atoms with van der Waals surface area (Å²) in [7, 11) is 0. The van der Waals surface area contributed by atoms with Crippen LogP contribution in [0.5, 0.6) is 0 Å². The number of hydrogen-bond acceptors (Lipinski definition) is 4. The maximum atomic E-state index is 11.3. The largest absolute Gasteiger partial charge is 0.358 e. The zero-order chi connectivity index (χ0) is 11.1. The van der Waals surface area contributed by atoms with Gasteiger partial charge in [-0.05, 0) is 20.8 Å². The molecule has 5 nitrogen and oxygen atoms in total. The summed E-state index contributed by atoms with van der Waals surface area (Å²) in [5, 5.41) is 2.58. The van der Waals surface area contributed by atoms with Gasteiger partial charge in [0.15, 0.2) is 5.78 Å². The van der Waals surface area contributed by atoms with Crippen LogP contribution in [-0.2, 0) is 14.3 Å². The predicted molar refractivity (Wildman–Crippen MR) is 52.8 cm³/mol. The molecule has 0 spiro atoms. The van der Waals surface area contributed by atoms with Crippen LogP contribution in [0.1, 0.15) is 20.8 Å². The van der Waals surface area contributed by atoms with Gasteiger partial charge in [-0.2, -0.15) is 0 Å². The molecule has 0 saturated carbocycles. The Bertz CT molecular complexity index is 206. The van der Waals surface area contributed by atoms with Gasteiger partial charge in [0.05, 0.1) is 0 Å². The highest BCUT2D eigenvalue weighted by Crippen LogP contribution is 1.99. The zero-order valence-corrected chi connectivity index (χ0v) is 8.87. The summed E-state index contributed by atoms with van der Waals surface area (Å²) in [5.41, 5.74) is 5.22. The molecule has 0 fully saturated rings. The molecule has 5 heteroatoms. The van der Waals surface area contributed by atoms with E-state index in [-0.39, 0.29) is 11.7 Å². The number of nitrogens with one attached hydrogen (secondary N) is 1. The van der Waals surface area contributed by atoms with Crippen LogP contribution in [0.25, 0.3) is 0 Å². The fourth-order valence-corrected chi connectivity index (χ4v) is 0.803. The molecule has 14 heavy (non-hydrogen) atoms. The highest BCUT2D eigenvalue weighted by Gasteiger charge is 2.18. The van der Waals surface area contributed by atoms with Crippen molar-refractivity contribution < 1.29 is 14.3 Å². The van der Waals surface area contributed by atoms with Gasteiger partial charge >= 0.3 is 0 Å². The van der Waals surface area contributed by atoms with Crippen LogP contribution < -0.4 is 11.1 Å². The van der Waals surface area contributed by atoms with E-state index < -0.39 is 12.2 Å². The smallest absolute Gasteiger partial charge is 0.248 e. The maximum absolute atomic E-state index is 11.3. The van der Waals surface area contributed by atoms with Crippen molar-refractivity contribution in [2.75, 3.05) is 13.1 Å². The van der Waals surface area contributed by atoms with Crippen LogP contribution in [-0.4, -0.2) is 37.0 Å². The van der Waals surface area contributed by atoms with Crippen molar-refractivity contribution in [3.8, 4) is 0 Å². The minimum absolute atomic E-state index is 0.0940. The molecule has 0 heterocycles. The number of ketones is 1. The fraction of sp³-hybridized carbons (Fsp3) is 0.778. The molecule has 3 N–H and O–H groups in total. The van der Waals surface area contributed by atoms with E-state index in [1.54, 1.807) is 13.8 Å². The standard InChI is InChI=1S/C9H18N2O3/c1-6(12)7(2)14-8(3)9(13)11-5-4-10/h7-8H,4-5,10H2,1-3H3,(H,11,13)/t7?,8-/m0/s1. The summed E-state index contributed by atoms with van der Waals surface area (Å²) in [6, 6.07) is 0. The van der Waals surface area contributed by atoms with E-state index in [0.29, 0.717) is 13.1 Å². The number of hydrogen-bond donors (Lipinski definition) is 2. The van der Waals surface area contributed by atoms with Crippen molar-refractivity contribution in [3.05, 3.63) is 0 Å².